The molecule has 0 bridgehead atoms. The molecular formula is C15H15N3O2. The van der Waals surface area contributed by atoms with E-state index in [2.05, 4.69) is 10.6 Å². The van der Waals surface area contributed by atoms with E-state index in [0.717, 1.165) is 16.9 Å². The first kappa shape index (κ1) is 12.3. The molecule has 1 amide bonds. The smallest absolute Gasteiger partial charge is 0.262 e. The highest BCUT2D eigenvalue weighted by molar-refractivity contribution is 5.96. The van der Waals surface area contributed by atoms with E-state index in [1.54, 1.807) is 0 Å². The highest BCUT2D eigenvalue weighted by Gasteiger charge is 2.15. The third-order valence-corrected chi connectivity index (χ3v) is 3.09. The summed E-state index contributed by atoms with van der Waals surface area (Å²) in [5.74, 6) is 0.566. The fourth-order valence-electron chi connectivity index (χ4n) is 2.03. The molecule has 0 aromatic heterocycles. The van der Waals surface area contributed by atoms with Crippen LogP contribution in [0.1, 0.15) is 5.56 Å². The fraction of sp³-hybridized carbons (Fsp3) is 0.133. The number of benzene rings is 2. The summed E-state index contributed by atoms with van der Waals surface area (Å²) in [6.45, 7) is 0.763. The molecule has 0 atom stereocenters. The zero-order valence-electron chi connectivity index (χ0n) is 10.8. The topological polar surface area (TPSA) is 76.4 Å². The average molecular weight is 269 g/mol. The average Bonchev–Trinajstić information content (AvgIpc) is 2.46. The van der Waals surface area contributed by atoms with Gasteiger partial charge in [-0.2, -0.15) is 0 Å². The zero-order chi connectivity index (χ0) is 13.9. The van der Waals surface area contributed by atoms with Crippen LogP contribution in [-0.4, -0.2) is 12.5 Å². The Hall–Kier alpha value is -2.69. The number of carbonyl (C=O) groups excluding carboxylic acids is 1. The van der Waals surface area contributed by atoms with Crippen molar-refractivity contribution in [1.82, 2.24) is 0 Å². The minimum Gasteiger partial charge on any atom is -0.482 e. The van der Waals surface area contributed by atoms with Crippen LogP contribution < -0.4 is 21.1 Å². The largest absolute Gasteiger partial charge is 0.482 e. The van der Waals surface area contributed by atoms with E-state index in [1.807, 2.05) is 42.5 Å². The van der Waals surface area contributed by atoms with E-state index < -0.39 is 0 Å². The third-order valence-electron chi connectivity index (χ3n) is 3.09. The van der Waals surface area contributed by atoms with Crippen molar-refractivity contribution >= 4 is 23.0 Å². The van der Waals surface area contributed by atoms with E-state index in [9.17, 15) is 4.79 Å². The maximum absolute atomic E-state index is 11.3. The summed E-state index contributed by atoms with van der Waals surface area (Å²) in [7, 11) is 0. The number of rotatable bonds is 3. The van der Waals surface area contributed by atoms with Crippen LogP contribution in [0.5, 0.6) is 5.75 Å². The van der Waals surface area contributed by atoms with Gasteiger partial charge >= 0.3 is 0 Å². The van der Waals surface area contributed by atoms with Crippen LogP contribution in [-0.2, 0) is 11.3 Å². The van der Waals surface area contributed by atoms with Crippen molar-refractivity contribution in [3.8, 4) is 5.75 Å². The molecule has 1 aliphatic heterocycles. The van der Waals surface area contributed by atoms with Gasteiger partial charge in [0.2, 0.25) is 0 Å². The van der Waals surface area contributed by atoms with Crippen LogP contribution in [0.2, 0.25) is 0 Å². The number of nitrogens with one attached hydrogen (secondary N) is 2. The van der Waals surface area contributed by atoms with Crippen LogP contribution in [0.15, 0.2) is 42.5 Å². The fourth-order valence-corrected chi connectivity index (χ4v) is 2.03. The van der Waals surface area contributed by atoms with Crippen molar-refractivity contribution in [2.24, 2.45) is 0 Å². The molecule has 0 saturated carbocycles. The minimum atomic E-state index is -0.131. The molecule has 0 radical (unpaired) electrons. The molecular weight excluding hydrogens is 254 g/mol. The molecule has 0 aliphatic carbocycles. The maximum Gasteiger partial charge on any atom is 0.262 e. The van der Waals surface area contributed by atoms with Gasteiger partial charge in [0, 0.05) is 17.9 Å². The van der Waals surface area contributed by atoms with Gasteiger partial charge in [0.25, 0.3) is 5.91 Å². The summed E-state index contributed by atoms with van der Waals surface area (Å²) in [5.41, 5.74) is 9.16. The standard InChI is InChI=1S/C15H15N3O2/c16-11-3-1-10(2-4-11)8-17-12-5-6-14-13(7-12)18-15(19)9-20-14/h1-7,17H,8-9,16H2,(H,18,19). The molecule has 0 spiro atoms. The molecule has 20 heavy (non-hydrogen) atoms. The first-order valence-corrected chi connectivity index (χ1v) is 6.36. The number of amides is 1. The van der Waals surface area contributed by atoms with Crippen LogP contribution in [0.25, 0.3) is 0 Å². The second-order valence-corrected chi connectivity index (χ2v) is 4.64. The quantitative estimate of drug-likeness (QED) is 0.747. The minimum absolute atomic E-state index is 0.0746. The number of fused-ring (bicyclic) bond motifs is 1. The molecule has 2 aromatic rings. The molecule has 0 unspecified atom stereocenters. The molecule has 3 rings (SSSR count). The van der Waals surface area contributed by atoms with E-state index in [1.165, 1.54) is 0 Å². The van der Waals surface area contributed by atoms with Crippen LogP contribution in [0.4, 0.5) is 17.1 Å². The zero-order valence-corrected chi connectivity index (χ0v) is 10.8. The molecule has 1 aliphatic rings. The summed E-state index contributed by atoms with van der Waals surface area (Å²) in [5, 5.41) is 6.08. The molecule has 5 nitrogen and oxygen atoms in total. The van der Waals surface area contributed by atoms with Crippen molar-refractivity contribution in [1.29, 1.82) is 0 Å². The maximum atomic E-state index is 11.3. The van der Waals surface area contributed by atoms with Gasteiger partial charge in [0.1, 0.15) is 5.75 Å². The summed E-state index contributed by atoms with van der Waals surface area (Å²) in [6, 6.07) is 13.3. The number of nitrogen functional groups attached to an aromatic ring is 1. The van der Waals surface area contributed by atoms with E-state index in [4.69, 9.17) is 10.5 Å². The molecule has 102 valence electrons. The number of ether oxygens (including phenoxy) is 1. The number of anilines is 3. The Kier molecular flexibility index (Phi) is 3.16. The molecule has 0 saturated heterocycles. The van der Waals surface area contributed by atoms with Gasteiger partial charge in [0.05, 0.1) is 5.69 Å². The molecule has 0 fully saturated rings. The van der Waals surface area contributed by atoms with Gasteiger partial charge in [-0.25, -0.2) is 0 Å². The van der Waals surface area contributed by atoms with E-state index >= 15 is 0 Å². The van der Waals surface area contributed by atoms with Gasteiger partial charge < -0.3 is 21.1 Å². The Morgan fingerprint density at radius 3 is 2.80 bits per heavy atom. The van der Waals surface area contributed by atoms with E-state index in [0.29, 0.717) is 18.0 Å². The number of nitrogens with two attached hydrogens (primary N) is 1. The first-order chi connectivity index (χ1) is 9.70. The summed E-state index contributed by atoms with van der Waals surface area (Å²) in [6.07, 6.45) is 0. The second kappa shape index (κ2) is 5.13. The van der Waals surface area contributed by atoms with E-state index in [-0.39, 0.29) is 12.5 Å². The lowest BCUT2D eigenvalue weighted by atomic mass is 10.2. The third kappa shape index (κ3) is 2.66. The number of hydrogen-bond acceptors (Lipinski definition) is 4. The number of hydrogen-bond donors (Lipinski definition) is 3. The predicted molar refractivity (Wildman–Crippen MR) is 78.7 cm³/mol. The highest BCUT2D eigenvalue weighted by Crippen LogP contribution is 2.30. The SMILES string of the molecule is Nc1ccc(CNc2ccc3c(c2)NC(=O)CO3)cc1. The predicted octanol–water partition coefficient (Wildman–Crippen LogP) is 2.21. The van der Waals surface area contributed by atoms with Crippen molar-refractivity contribution in [3.63, 3.8) is 0 Å². The summed E-state index contributed by atoms with van der Waals surface area (Å²) in [4.78, 5) is 11.3. The highest BCUT2D eigenvalue weighted by atomic mass is 16.5. The van der Waals surface area contributed by atoms with Crippen molar-refractivity contribution in [2.45, 2.75) is 6.54 Å². The number of carbonyl (C=O) groups is 1. The Labute approximate surface area is 116 Å². The Bertz CT molecular complexity index is 638. The molecule has 4 N–H and O–H groups in total. The monoisotopic (exact) mass is 269 g/mol. The van der Waals surface area contributed by atoms with Gasteiger partial charge in [-0.3, -0.25) is 4.79 Å². The van der Waals surface area contributed by atoms with Crippen molar-refractivity contribution < 1.29 is 9.53 Å². The Morgan fingerprint density at radius 2 is 2.00 bits per heavy atom. The summed E-state index contributed by atoms with van der Waals surface area (Å²) < 4.78 is 5.31. The van der Waals surface area contributed by atoms with Gasteiger partial charge in [-0.1, -0.05) is 12.1 Å². The first-order valence-electron chi connectivity index (χ1n) is 6.36. The van der Waals surface area contributed by atoms with Crippen molar-refractivity contribution in [2.75, 3.05) is 23.0 Å². The van der Waals surface area contributed by atoms with Gasteiger partial charge in [-0.05, 0) is 35.9 Å². The van der Waals surface area contributed by atoms with Gasteiger partial charge in [0.15, 0.2) is 6.61 Å². The Morgan fingerprint density at radius 1 is 1.20 bits per heavy atom. The lowest BCUT2D eigenvalue weighted by molar-refractivity contribution is -0.118. The second-order valence-electron chi connectivity index (χ2n) is 4.64. The van der Waals surface area contributed by atoms with Crippen molar-refractivity contribution in [3.05, 3.63) is 48.0 Å². The molecule has 5 heteroatoms. The molecule has 2 aromatic carbocycles. The van der Waals surface area contributed by atoms with Crippen LogP contribution in [0.3, 0.4) is 0 Å². The Balaban J connectivity index is 1.70. The van der Waals surface area contributed by atoms with Crippen LogP contribution >= 0.6 is 0 Å². The summed E-state index contributed by atoms with van der Waals surface area (Å²) >= 11 is 0. The lowest BCUT2D eigenvalue weighted by Crippen LogP contribution is -2.25. The molecule has 1 heterocycles. The lowest BCUT2D eigenvalue weighted by Gasteiger charge is -2.18. The van der Waals surface area contributed by atoms with Crippen LogP contribution in [0, 0.1) is 0 Å². The normalized spacial score (nSPS) is 13.1. The van der Waals surface area contributed by atoms with Gasteiger partial charge in [-0.15, -0.1) is 0 Å².